The molecule has 4 rings (SSSR count). The number of H-pyrrole nitrogens is 1. The van der Waals surface area contributed by atoms with Crippen molar-refractivity contribution in [2.45, 2.75) is 39.2 Å². The van der Waals surface area contributed by atoms with Gasteiger partial charge < -0.3 is 0 Å². The van der Waals surface area contributed by atoms with E-state index in [0.29, 0.717) is 12.4 Å². The average Bonchev–Trinajstić information content (AvgIpc) is 3.39. The van der Waals surface area contributed by atoms with E-state index in [2.05, 4.69) is 84.4 Å². The molecule has 2 heterocycles. The Hall–Kier alpha value is -3.00. The molecule has 0 aliphatic rings. The van der Waals surface area contributed by atoms with Crippen LogP contribution in [-0.4, -0.2) is 41.1 Å². The lowest BCUT2D eigenvalue weighted by atomic mass is 9.95. The largest absolute Gasteiger partial charge is 0.245 e. The van der Waals surface area contributed by atoms with Gasteiger partial charge in [-0.05, 0) is 27.7 Å². The molecule has 0 fully saturated rings. The van der Waals surface area contributed by atoms with Crippen LogP contribution < -0.4 is 0 Å². The van der Waals surface area contributed by atoms with Gasteiger partial charge in [0.25, 0.3) is 0 Å². The fraction of sp³-hybridized carbons (Fsp3) is 0.318. The van der Waals surface area contributed by atoms with E-state index >= 15 is 0 Å². The molecule has 0 spiro atoms. The molecule has 0 aliphatic carbocycles. The van der Waals surface area contributed by atoms with Crippen molar-refractivity contribution < 1.29 is 0 Å². The van der Waals surface area contributed by atoms with Crippen LogP contribution >= 0.6 is 12.6 Å². The molecule has 0 atom stereocenters. The molecule has 154 valence electrons. The second-order valence-electron chi connectivity index (χ2n) is 8.21. The summed E-state index contributed by atoms with van der Waals surface area (Å²) in [5.74, 6) is 3.16. The highest BCUT2D eigenvalue weighted by molar-refractivity contribution is 7.80. The summed E-state index contributed by atoms with van der Waals surface area (Å²) < 4.78 is 2.01. The molecule has 0 saturated heterocycles. The van der Waals surface area contributed by atoms with Crippen LogP contribution in [0.2, 0.25) is 0 Å². The van der Waals surface area contributed by atoms with Crippen LogP contribution in [0.15, 0.2) is 48.5 Å². The van der Waals surface area contributed by atoms with Gasteiger partial charge in [0.15, 0.2) is 5.82 Å². The Bertz CT molecular complexity index is 1110. The molecule has 7 nitrogen and oxygen atoms in total. The quantitative estimate of drug-likeness (QED) is 0.462. The van der Waals surface area contributed by atoms with E-state index in [1.54, 1.807) is 0 Å². The van der Waals surface area contributed by atoms with Crippen molar-refractivity contribution >= 4 is 12.6 Å². The van der Waals surface area contributed by atoms with Crippen molar-refractivity contribution in [1.29, 1.82) is 0 Å². The Morgan fingerprint density at radius 1 is 1.00 bits per heavy atom. The summed E-state index contributed by atoms with van der Waals surface area (Å²) in [4.78, 5) is 4.75. The Kier molecular flexibility index (Phi) is 5.67. The number of nitrogens with zero attached hydrogens (tertiary/aromatic N) is 6. The van der Waals surface area contributed by atoms with E-state index in [1.807, 2.05) is 22.9 Å². The van der Waals surface area contributed by atoms with Crippen LogP contribution in [0.3, 0.4) is 0 Å². The third kappa shape index (κ3) is 4.28. The Morgan fingerprint density at radius 3 is 2.37 bits per heavy atom. The van der Waals surface area contributed by atoms with E-state index in [4.69, 9.17) is 10.1 Å². The maximum Gasteiger partial charge on any atom is 0.205 e. The summed E-state index contributed by atoms with van der Waals surface area (Å²) in [6.45, 7) is 7.17. The number of aryl methyl sites for hydroxylation is 1. The van der Waals surface area contributed by atoms with E-state index in [0.717, 1.165) is 40.5 Å². The summed E-state index contributed by atoms with van der Waals surface area (Å²) in [5.41, 5.74) is 4.21. The minimum absolute atomic E-state index is 0.0781. The minimum atomic E-state index is -0.0781. The van der Waals surface area contributed by atoms with Crippen LogP contribution in [0.25, 0.3) is 22.5 Å². The molecular formula is C22H25N7S. The SMILES string of the molecule is CC(C)(C)c1nc(CCS)nn1Cc1ccc(-c2ccccc2-c2nn[nH]n2)cc1. The zero-order valence-electron chi connectivity index (χ0n) is 17.4. The number of thiol groups is 1. The van der Waals surface area contributed by atoms with Gasteiger partial charge in [-0.1, -0.05) is 69.3 Å². The van der Waals surface area contributed by atoms with Gasteiger partial charge in [-0.2, -0.15) is 22.9 Å². The number of tetrazole rings is 1. The lowest BCUT2D eigenvalue weighted by molar-refractivity contribution is 0.490. The first-order chi connectivity index (χ1) is 14.5. The number of aromatic amines is 1. The van der Waals surface area contributed by atoms with Crippen LogP contribution in [0.4, 0.5) is 0 Å². The molecule has 8 heteroatoms. The average molecular weight is 420 g/mol. The van der Waals surface area contributed by atoms with Crippen LogP contribution in [0, 0.1) is 0 Å². The van der Waals surface area contributed by atoms with Gasteiger partial charge >= 0.3 is 0 Å². The molecule has 0 aliphatic heterocycles. The normalized spacial score (nSPS) is 11.7. The third-order valence-corrected chi connectivity index (χ3v) is 5.06. The Balaban J connectivity index is 1.62. The maximum atomic E-state index is 4.75. The van der Waals surface area contributed by atoms with E-state index in [1.165, 1.54) is 5.56 Å². The molecule has 30 heavy (non-hydrogen) atoms. The number of hydrogen-bond donors (Lipinski definition) is 2. The summed E-state index contributed by atoms with van der Waals surface area (Å²) in [5, 5.41) is 19.2. The van der Waals surface area contributed by atoms with Gasteiger partial charge in [-0.3, -0.25) is 0 Å². The summed E-state index contributed by atoms with van der Waals surface area (Å²) in [7, 11) is 0. The number of hydrogen-bond acceptors (Lipinski definition) is 6. The molecular weight excluding hydrogens is 394 g/mol. The van der Waals surface area contributed by atoms with Crippen LogP contribution in [-0.2, 0) is 18.4 Å². The Labute approximate surface area is 181 Å². The smallest absolute Gasteiger partial charge is 0.205 e. The summed E-state index contributed by atoms with van der Waals surface area (Å²) in [6, 6.07) is 16.6. The van der Waals surface area contributed by atoms with Crippen LogP contribution in [0.1, 0.15) is 38.0 Å². The highest BCUT2D eigenvalue weighted by atomic mass is 32.1. The van der Waals surface area contributed by atoms with Crippen molar-refractivity contribution in [3.8, 4) is 22.5 Å². The van der Waals surface area contributed by atoms with E-state index < -0.39 is 0 Å². The molecule has 0 bridgehead atoms. The highest BCUT2D eigenvalue weighted by Crippen LogP contribution is 2.30. The second-order valence-corrected chi connectivity index (χ2v) is 8.66. The minimum Gasteiger partial charge on any atom is -0.245 e. The molecule has 1 N–H and O–H groups in total. The predicted octanol–water partition coefficient (Wildman–Crippen LogP) is 3.94. The van der Waals surface area contributed by atoms with Crippen molar-refractivity contribution in [3.05, 3.63) is 65.7 Å². The third-order valence-electron chi connectivity index (χ3n) is 4.83. The topological polar surface area (TPSA) is 85.2 Å². The van der Waals surface area contributed by atoms with Gasteiger partial charge in [0.2, 0.25) is 5.82 Å². The van der Waals surface area contributed by atoms with Gasteiger partial charge in [-0.25, -0.2) is 9.67 Å². The fourth-order valence-electron chi connectivity index (χ4n) is 3.43. The molecule has 4 aromatic rings. The van der Waals surface area contributed by atoms with Crippen molar-refractivity contribution in [2.24, 2.45) is 0 Å². The number of rotatable bonds is 6. The lowest BCUT2D eigenvalue weighted by Gasteiger charge is -2.18. The van der Waals surface area contributed by atoms with Crippen molar-refractivity contribution in [2.75, 3.05) is 5.75 Å². The highest BCUT2D eigenvalue weighted by Gasteiger charge is 2.23. The predicted molar refractivity (Wildman–Crippen MR) is 120 cm³/mol. The monoisotopic (exact) mass is 419 g/mol. The first kappa shape index (κ1) is 20.3. The first-order valence-corrected chi connectivity index (χ1v) is 10.6. The zero-order chi connectivity index (χ0) is 21.1. The molecule has 0 unspecified atom stereocenters. The van der Waals surface area contributed by atoms with Gasteiger partial charge in [0.05, 0.1) is 6.54 Å². The zero-order valence-corrected chi connectivity index (χ0v) is 18.3. The van der Waals surface area contributed by atoms with Gasteiger partial charge in [-0.15, -0.1) is 10.2 Å². The molecule has 2 aromatic carbocycles. The summed E-state index contributed by atoms with van der Waals surface area (Å²) in [6.07, 6.45) is 0.769. The first-order valence-electron chi connectivity index (χ1n) is 9.93. The van der Waals surface area contributed by atoms with Gasteiger partial charge in [0, 0.05) is 17.4 Å². The molecule has 2 aromatic heterocycles. The standard InChI is InChI=1S/C22H25N7S/c1-22(2,3)21-23-19(12-13-30)26-29(21)14-15-8-10-16(11-9-15)17-6-4-5-7-18(17)20-24-27-28-25-20/h4-11,30H,12-14H2,1-3H3,(H,24,25,27,28). The van der Waals surface area contributed by atoms with Crippen molar-refractivity contribution in [1.82, 2.24) is 35.4 Å². The Morgan fingerprint density at radius 2 is 1.73 bits per heavy atom. The fourth-order valence-corrected chi connectivity index (χ4v) is 3.63. The summed E-state index contributed by atoms with van der Waals surface area (Å²) >= 11 is 4.32. The maximum absolute atomic E-state index is 4.75. The van der Waals surface area contributed by atoms with Crippen molar-refractivity contribution in [3.63, 3.8) is 0 Å². The second kappa shape index (κ2) is 8.39. The van der Waals surface area contributed by atoms with E-state index in [-0.39, 0.29) is 5.41 Å². The van der Waals surface area contributed by atoms with E-state index in [9.17, 15) is 0 Å². The number of aromatic nitrogens is 7. The molecule has 0 amide bonds. The van der Waals surface area contributed by atoms with Crippen LogP contribution in [0.5, 0.6) is 0 Å². The molecule has 0 radical (unpaired) electrons. The molecule has 0 saturated carbocycles. The van der Waals surface area contributed by atoms with Gasteiger partial charge in [0.1, 0.15) is 5.82 Å². The number of nitrogens with one attached hydrogen (secondary N) is 1. The lowest BCUT2D eigenvalue weighted by Crippen LogP contribution is -2.20. The number of benzene rings is 2.